The van der Waals surface area contributed by atoms with E-state index < -0.39 is 52.8 Å². The van der Waals surface area contributed by atoms with Crippen molar-refractivity contribution in [1.82, 2.24) is 29.9 Å². The number of aliphatic hydroxyl groups excluding tert-OH is 4. The van der Waals surface area contributed by atoms with Crippen LogP contribution in [-0.2, 0) is 10.1 Å². The summed E-state index contributed by atoms with van der Waals surface area (Å²) < 4.78 is 65.1. The molecule has 2 aromatic carbocycles. The average molecular weight is 711 g/mol. The first kappa shape index (κ1) is 35.8. The van der Waals surface area contributed by atoms with E-state index in [9.17, 15) is 26.6 Å². The fourth-order valence-corrected chi connectivity index (χ4v) is 5.31. The summed E-state index contributed by atoms with van der Waals surface area (Å²) in [5, 5.41) is 51.9. The molecule has 4 rings (SSSR count). The molecule has 14 N–H and O–H groups in total. The third-order valence-corrected chi connectivity index (χ3v) is 7.63. The van der Waals surface area contributed by atoms with Crippen LogP contribution in [0.25, 0.3) is 12.2 Å². The van der Waals surface area contributed by atoms with Crippen LogP contribution < -0.4 is 31.9 Å². The van der Waals surface area contributed by atoms with Crippen molar-refractivity contribution in [1.29, 1.82) is 0 Å². The molecule has 0 saturated carbocycles. The molecule has 24 heteroatoms. The Hall–Kier alpha value is -5.02. The zero-order valence-corrected chi connectivity index (χ0v) is 26.0. The Morgan fingerprint density at radius 2 is 0.854 bits per heavy atom. The molecular formula is C24H30N12O10S2. The van der Waals surface area contributed by atoms with E-state index in [2.05, 4.69) is 61.8 Å². The van der Waals surface area contributed by atoms with E-state index in [0.29, 0.717) is 0 Å². The van der Waals surface area contributed by atoms with Gasteiger partial charge in [-0.1, -0.05) is 24.3 Å². The highest BCUT2D eigenvalue weighted by Gasteiger charge is 2.21. The van der Waals surface area contributed by atoms with Gasteiger partial charge in [-0.3, -0.25) is 4.55 Å². The van der Waals surface area contributed by atoms with Gasteiger partial charge in [0.05, 0.1) is 4.90 Å². The molecule has 0 saturated heterocycles. The highest BCUT2D eigenvalue weighted by molar-refractivity contribution is 8.19. The molecule has 0 fully saturated rings. The number of benzene rings is 2. The highest BCUT2D eigenvalue weighted by Crippen LogP contribution is 2.47. The molecule has 48 heavy (non-hydrogen) atoms. The Balaban J connectivity index is 1.66. The number of nitrogens with one attached hydrogen (secondary N) is 6. The monoisotopic (exact) mass is 710 g/mol. The Labute approximate surface area is 273 Å². The van der Waals surface area contributed by atoms with Gasteiger partial charge in [-0.25, -0.2) is 0 Å². The van der Waals surface area contributed by atoms with Gasteiger partial charge in [0.25, 0.3) is 10.1 Å². The third-order valence-electron chi connectivity index (χ3n) is 5.77. The summed E-state index contributed by atoms with van der Waals surface area (Å²) in [6.07, 6.45) is 2.51. The largest absolute Gasteiger partial charge is 0.376 e. The predicted molar refractivity (Wildman–Crippen MR) is 174 cm³/mol. The lowest BCUT2D eigenvalue weighted by molar-refractivity contribution is 0.322. The van der Waals surface area contributed by atoms with Crippen LogP contribution in [0.4, 0.5) is 47.1 Å². The third kappa shape index (κ3) is 9.75. The Morgan fingerprint density at radius 3 is 1.19 bits per heavy atom. The summed E-state index contributed by atoms with van der Waals surface area (Å²) in [7, 11) is -9.19. The van der Waals surface area contributed by atoms with E-state index in [1.54, 1.807) is 0 Å². The summed E-state index contributed by atoms with van der Waals surface area (Å²) in [6.45, 7) is -2.06. The van der Waals surface area contributed by atoms with E-state index in [4.69, 9.17) is 20.4 Å². The minimum absolute atomic E-state index is 0.0375. The molecule has 0 radical (unpaired) electrons. The first-order valence-electron chi connectivity index (χ1n) is 13.2. The molecule has 0 bridgehead atoms. The number of hydrogen-bond acceptors (Lipinski definition) is 21. The summed E-state index contributed by atoms with van der Waals surface area (Å²) in [4.78, 5) is 23.0. The minimum Gasteiger partial charge on any atom is -0.376 e. The smallest absolute Gasteiger partial charge is 0.295 e. The first-order chi connectivity index (χ1) is 22.8. The van der Waals surface area contributed by atoms with Crippen LogP contribution in [0.5, 0.6) is 0 Å². The molecule has 0 atom stereocenters. The fraction of sp³-hybridized carbons (Fsp3) is 0.167. The van der Waals surface area contributed by atoms with Crippen molar-refractivity contribution in [3.8, 4) is 0 Å². The molecule has 0 aliphatic heterocycles. The number of aliphatic hydroxyl groups is 4. The molecular weight excluding hydrogens is 680 g/mol. The van der Waals surface area contributed by atoms with Crippen LogP contribution >= 0.6 is 10.9 Å². The number of aromatic nitrogens is 6. The summed E-state index contributed by atoms with van der Waals surface area (Å²) in [6, 6.07) is 7.77. The van der Waals surface area contributed by atoms with Crippen molar-refractivity contribution in [3.05, 3.63) is 47.5 Å². The number of rotatable bonds is 16. The predicted octanol–water partition coefficient (Wildman–Crippen LogP) is 0.990. The van der Waals surface area contributed by atoms with E-state index >= 15 is 0 Å². The van der Waals surface area contributed by atoms with Crippen LogP contribution in [0.1, 0.15) is 11.1 Å². The lowest BCUT2D eigenvalue weighted by Gasteiger charge is -2.22. The molecule has 0 spiro atoms. The lowest BCUT2D eigenvalue weighted by Crippen LogP contribution is -2.12. The second-order valence-electron chi connectivity index (χ2n) is 9.03. The van der Waals surface area contributed by atoms with Gasteiger partial charge < -0.3 is 66.0 Å². The van der Waals surface area contributed by atoms with Crippen molar-refractivity contribution in [2.45, 2.75) is 9.79 Å². The number of anilines is 8. The van der Waals surface area contributed by atoms with Crippen molar-refractivity contribution in [3.63, 3.8) is 0 Å². The SMILES string of the molecule is O=S(=O)(O)c1cc(Nc2nc(NCO)nc(NCO)n2)ccc1/C=C/c1ccc(Nc2nc(NCO)nc(NCO)n2)cc1S(O)(O)O. The number of nitrogens with zero attached hydrogens (tertiary/aromatic N) is 6. The molecule has 0 aliphatic rings. The van der Waals surface area contributed by atoms with E-state index in [1.807, 2.05) is 0 Å². The van der Waals surface area contributed by atoms with Crippen LogP contribution in [0.15, 0.2) is 46.2 Å². The molecule has 4 aromatic rings. The Morgan fingerprint density at radius 1 is 0.521 bits per heavy atom. The van der Waals surface area contributed by atoms with Gasteiger partial charge in [0.2, 0.25) is 35.7 Å². The topological polar surface area (TPSA) is 346 Å². The van der Waals surface area contributed by atoms with E-state index in [1.165, 1.54) is 42.5 Å². The van der Waals surface area contributed by atoms with E-state index in [-0.39, 0.29) is 63.1 Å². The fourth-order valence-electron chi connectivity index (χ4n) is 3.86. The van der Waals surface area contributed by atoms with Crippen molar-refractivity contribution < 1.29 is 47.1 Å². The van der Waals surface area contributed by atoms with Gasteiger partial charge in [-0.15, -0.1) is 0 Å². The molecule has 0 amide bonds. The highest BCUT2D eigenvalue weighted by atomic mass is 32.3. The zero-order valence-electron chi connectivity index (χ0n) is 24.3. The van der Waals surface area contributed by atoms with Crippen LogP contribution in [-0.4, -0.2) is 104 Å². The first-order valence-corrected chi connectivity index (χ1v) is 16.2. The maximum absolute atomic E-state index is 12.3. The van der Waals surface area contributed by atoms with Crippen LogP contribution in [0, 0.1) is 0 Å². The second kappa shape index (κ2) is 15.7. The Bertz CT molecular complexity index is 1830. The Kier molecular flexibility index (Phi) is 11.7. The van der Waals surface area contributed by atoms with Crippen molar-refractivity contribution in [2.24, 2.45) is 0 Å². The van der Waals surface area contributed by atoms with Gasteiger partial charge in [0.1, 0.15) is 42.7 Å². The van der Waals surface area contributed by atoms with Gasteiger partial charge >= 0.3 is 0 Å². The standard InChI is InChI=1S/C24H30N12O10S2/c37-9-25-19-31-20(26-10-38)34-23(33-19)29-15-5-3-13(17(7-15)47(41,42)43)1-2-14-4-6-16(8-18(14)48(44,45)46)30-24-35-21(27-11-39)32-22(36-24)28-12-40/h1-8,37-43H,9-12H2,(H,44,45,46)(H3,25,26,29,31,33,34)(H3,27,28,30,32,35,36)/b2-1+. The summed E-state index contributed by atoms with van der Waals surface area (Å²) >= 11 is 0. The van der Waals surface area contributed by atoms with Crippen molar-refractivity contribution in [2.75, 3.05) is 58.8 Å². The van der Waals surface area contributed by atoms with Crippen LogP contribution in [0.2, 0.25) is 0 Å². The van der Waals surface area contributed by atoms with E-state index in [0.717, 1.165) is 6.07 Å². The molecule has 22 nitrogen and oxygen atoms in total. The minimum atomic E-state index is -4.83. The molecule has 2 heterocycles. The maximum atomic E-state index is 12.3. The maximum Gasteiger partial charge on any atom is 0.295 e. The molecule has 0 aliphatic carbocycles. The van der Waals surface area contributed by atoms with Gasteiger partial charge in [0.15, 0.2) is 0 Å². The summed E-state index contributed by atoms with van der Waals surface area (Å²) in [5.74, 6) is -0.486. The molecule has 2 aromatic heterocycles. The quantitative estimate of drug-likeness (QED) is 0.0437. The normalized spacial score (nSPS) is 12.1. The summed E-state index contributed by atoms with van der Waals surface area (Å²) in [5.41, 5.74) is 0.272. The molecule has 258 valence electrons. The molecule has 0 unspecified atom stereocenters. The van der Waals surface area contributed by atoms with Crippen LogP contribution in [0.3, 0.4) is 0 Å². The van der Waals surface area contributed by atoms with Crippen molar-refractivity contribution >= 4 is 80.2 Å². The van der Waals surface area contributed by atoms with Gasteiger partial charge in [-0.2, -0.15) is 38.3 Å². The zero-order chi connectivity index (χ0) is 34.9. The van der Waals surface area contributed by atoms with Gasteiger partial charge in [0, 0.05) is 11.4 Å². The van der Waals surface area contributed by atoms with Gasteiger partial charge in [-0.05, 0) is 35.4 Å². The lowest BCUT2D eigenvalue weighted by atomic mass is 10.1. The second-order valence-corrected chi connectivity index (χ2v) is 11.9. The number of hydrogen-bond donors (Lipinski definition) is 14. The average Bonchev–Trinajstić information content (AvgIpc) is 3.00.